The molecule has 0 spiro atoms. The Kier molecular flexibility index (Phi) is 3.07. The quantitative estimate of drug-likeness (QED) is 0.715. The number of nitrogens with one attached hydrogen (secondary N) is 1. The number of allylic oxidation sites excluding steroid dienone is 1. The maximum Gasteiger partial charge on any atom is 0.335 e. The maximum absolute atomic E-state index is 10.5. The van der Waals surface area contributed by atoms with Crippen LogP contribution in [0.25, 0.3) is 0 Å². The summed E-state index contributed by atoms with van der Waals surface area (Å²) >= 11 is 0. The van der Waals surface area contributed by atoms with Crippen LogP contribution >= 0.6 is 0 Å². The number of anilines is 1. The number of hydrogen-bond donors (Lipinski definition) is 2. The summed E-state index contributed by atoms with van der Waals surface area (Å²) in [5.74, 6) is -0.931. The van der Waals surface area contributed by atoms with Crippen molar-refractivity contribution in [3.05, 3.63) is 54.8 Å². The number of hydrogen-bond acceptors (Lipinski definition) is 2. The molecule has 1 rings (SSSR count). The van der Waals surface area contributed by atoms with Gasteiger partial charge in [-0.25, -0.2) is 4.79 Å². The number of rotatable bonds is 4. The third-order valence-electron chi connectivity index (χ3n) is 1.68. The molecule has 0 aromatic heterocycles. The van der Waals surface area contributed by atoms with Gasteiger partial charge in [-0.05, 0) is 30.3 Å². The zero-order valence-corrected chi connectivity index (χ0v) is 7.66. The molecule has 0 amide bonds. The van der Waals surface area contributed by atoms with Crippen LogP contribution in [0, 0.1) is 0 Å². The van der Waals surface area contributed by atoms with Gasteiger partial charge in [0.05, 0.1) is 5.56 Å². The Bertz CT molecular complexity index is 365. The van der Waals surface area contributed by atoms with E-state index in [2.05, 4.69) is 18.5 Å². The van der Waals surface area contributed by atoms with Gasteiger partial charge in [0.1, 0.15) is 0 Å². The summed E-state index contributed by atoms with van der Waals surface area (Å²) in [6.07, 6.45) is 1.59. The van der Waals surface area contributed by atoms with Crippen LogP contribution in [0.1, 0.15) is 10.4 Å². The molecule has 0 heterocycles. The number of carboxylic acid groups (broad SMARTS) is 1. The summed E-state index contributed by atoms with van der Waals surface area (Å²) in [4.78, 5) is 10.5. The van der Waals surface area contributed by atoms with Crippen LogP contribution < -0.4 is 5.32 Å². The van der Waals surface area contributed by atoms with Crippen molar-refractivity contribution in [3.63, 3.8) is 0 Å². The smallest absolute Gasteiger partial charge is 0.335 e. The molecule has 0 aliphatic carbocycles. The molecule has 1 aromatic rings. The fraction of sp³-hybridized carbons (Fsp3) is 0. The number of carboxylic acids is 1. The molecule has 0 saturated heterocycles. The summed E-state index contributed by atoms with van der Waals surface area (Å²) in [6, 6.07) is 6.42. The first-order valence-corrected chi connectivity index (χ1v) is 4.05. The second kappa shape index (κ2) is 4.28. The molecule has 1 aromatic carbocycles. The predicted molar refractivity (Wildman–Crippen MR) is 56.4 cm³/mol. The molecule has 0 atom stereocenters. The standard InChI is InChI=1S/C11H11NO2/c1-3-8(2)12-10-6-4-9(5-7-10)11(13)14/h3-7,12H,1-2H2,(H,13,14). The highest BCUT2D eigenvalue weighted by molar-refractivity contribution is 5.88. The van der Waals surface area contributed by atoms with Crippen LogP contribution in [-0.2, 0) is 0 Å². The van der Waals surface area contributed by atoms with Crippen molar-refractivity contribution in [3.8, 4) is 0 Å². The molecule has 0 saturated carbocycles. The van der Waals surface area contributed by atoms with Crippen molar-refractivity contribution in [2.24, 2.45) is 0 Å². The molecule has 0 unspecified atom stereocenters. The topological polar surface area (TPSA) is 49.3 Å². The van der Waals surface area contributed by atoms with E-state index in [1.807, 2.05) is 0 Å². The zero-order valence-electron chi connectivity index (χ0n) is 7.66. The lowest BCUT2D eigenvalue weighted by atomic mass is 10.2. The molecule has 3 nitrogen and oxygen atoms in total. The predicted octanol–water partition coefficient (Wildman–Crippen LogP) is 2.50. The second-order valence-corrected chi connectivity index (χ2v) is 2.74. The molecule has 0 fully saturated rings. The van der Waals surface area contributed by atoms with Crippen LogP contribution in [0.4, 0.5) is 5.69 Å². The third-order valence-corrected chi connectivity index (χ3v) is 1.68. The first kappa shape index (κ1) is 10.1. The van der Waals surface area contributed by atoms with Crippen molar-refractivity contribution < 1.29 is 9.90 Å². The fourth-order valence-corrected chi connectivity index (χ4v) is 0.933. The summed E-state index contributed by atoms with van der Waals surface area (Å²) in [5, 5.41) is 11.6. The highest BCUT2D eigenvalue weighted by Crippen LogP contribution is 2.11. The lowest BCUT2D eigenvalue weighted by Gasteiger charge is -2.05. The summed E-state index contributed by atoms with van der Waals surface area (Å²) < 4.78 is 0. The Hall–Kier alpha value is -2.03. The fourth-order valence-electron chi connectivity index (χ4n) is 0.933. The van der Waals surface area contributed by atoms with Gasteiger partial charge in [0, 0.05) is 11.4 Å². The van der Waals surface area contributed by atoms with Crippen LogP contribution in [0.2, 0.25) is 0 Å². The molecule has 14 heavy (non-hydrogen) atoms. The summed E-state index contributed by atoms with van der Waals surface area (Å²) in [7, 11) is 0. The molecule has 72 valence electrons. The van der Waals surface area contributed by atoms with E-state index < -0.39 is 5.97 Å². The minimum Gasteiger partial charge on any atom is -0.478 e. The summed E-state index contributed by atoms with van der Waals surface area (Å²) in [6.45, 7) is 7.23. The van der Waals surface area contributed by atoms with E-state index in [1.54, 1.807) is 18.2 Å². The van der Waals surface area contributed by atoms with Crippen LogP contribution in [-0.4, -0.2) is 11.1 Å². The zero-order chi connectivity index (χ0) is 10.6. The van der Waals surface area contributed by atoms with Gasteiger partial charge in [-0.2, -0.15) is 0 Å². The molecule has 0 bridgehead atoms. The Balaban J connectivity index is 2.78. The molecular formula is C11H11NO2. The Morgan fingerprint density at radius 1 is 1.36 bits per heavy atom. The lowest BCUT2D eigenvalue weighted by Crippen LogP contribution is -1.98. The van der Waals surface area contributed by atoms with Gasteiger partial charge in [0.2, 0.25) is 0 Å². The average molecular weight is 189 g/mol. The number of benzene rings is 1. The van der Waals surface area contributed by atoms with E-state index in [0.717, 1.165) is 5.69 Å². The van der Waals surface area contributed by atoms with Crippen molar-refractivity contribution in [2.45, 2.75) is 0 Å². The van der Waals surface area contributed by atoms with Crippen LogP contribution in [0.5, 0.6) is 0 Å². The lowest BCUT2D eigenvalue weighted by molar-refractivity contribution is 0.0697. The van der Waals surface area contributed by atoms with Gasteiger partial charge in [-0.15, -0.1) is 0 Å². The molecule has 0 aliphatic rings. The molecule has 2 N–H and O–H groups in total. The molecule has 3 heteroatoms. The van der Waals surface area contributed by atoms with Crippen LogP contribution in [0.15, 0.2) is 49.2 Å². The van der Waals surface area contributed by atoms with Gasteiger partial charge in [-0.3, -0.25) is 0 Å². The average Bonchev–Trinajstić information content (AvgIpc) is 2.18. The molecule has 0 aliphatic heterocycles. The highest BCUT2D eigenvalue weighted by atomic mass is 16.4. The normalized spacial score (nSPS) is 9.14. The van der Waals surface area contributed by atoms with E-state index >= 15 is 0 Å². The van der Waals surface area contributed by atoms with Gasteiger partial charge in [0.15, 0.2) is 0 Å². The van der Waals surface area contributed by atoms with Crippen molar-refractivity contribution in [2.75, 3.05) is 5.32 Å². The first-order chi connectivity index (χ1) is 6.63. The van der Waals surface area contributed by atoms with E-state index in [-0.39, 0.29) is 5.56 Å². The maximum atomic E-state index is 10.5. The monoisotopic (exact) mass is 189 g/mol. The van der Waals surface area contributed by atoms with E-state index in [4.69, 9.17) is 5.11 Å². The molecule has 0 radical (unpaired) electrons. The van der Waals surface area contributed by atoms with Gasteiger partial charge < -0.3 is 10.4 Å². The van der Waals surface area contributed by atoms with Crippen LogP contribution in [0.3, 0.4) is 0 Å². The Morgan fingerprint density at radius 2 is 1.93 bits per heavy atom. The summed E-state index contributed by atoms with van der Waals surface area (Å²) in [5.41, 5.74) is 1.73. The first-order valence-electron chi connectivity index (χ1n) is 4.05. The van der Waals surface area contributed by atoms with Gasteiger partial charge >= 0.3 is 5.97 Å². The minimum atomic E-state index is -0.931. The van der Waals surface area contributed by atoms with Crippen molar-refractivity contribution in [1.82, 2.24) is 0 Å². The third kappa shape index (κ3) is 2.48. The SMILES string of the molecule is C=CC(=C)Nc1ccc(C(=O)O)cc1. The van der Waals surface area contributed by atoms with Gasteiger partial charge in [-0.1, -0.05) is 13.2 Å². The molecular weight excluding hydrogens is 178 g/mol. The second-order valence-electron chi connectivity index (χ2n) is 2.74. The number of aromatic carboxylic acids is 1. The minimum absolute atomic E-state index is 0.264. The highest BCUT2D eigenvalue weighted by Gasteiger charge is 2.00. The van der Waals surface area contributed by atoms with Crippen molar-refractivity contribution in [1.29, 1.82) is 0 Å². The largest absolute Gasteiger partial charge is 0.478 e. The van der Waals surface area contributed by atoms with E-state index in [0.29, 0.717) is 5.70 Å². The van der Waals surface area contributed by atoms with E-state index in [9.17, 15) is 4.79 Å². The van der Waals surface area contributed by atoms with Gasteiger partial charge in [0.25, 0.3) is 0 Å². The number of carbonyl (C=O) groups is 1. The Morgan fingerprint density at radius 3 is 2.36 bits per heavy atom. The van der Waals surface area contributed by atoms with E-state index in [1.165, 1.54) is 12.1 Å². The Labute approximate surface area is 82.4 Å². The van der Waals surface area contributed by atoms with Crippen molar-refractivity contribution >= 4 is 11.7 Å².